The van der Waals surface area contributed by atoms with Crippen molar-refractivity contribution in [1.29, 1.82) is 0 Å². The number of nitrogens with zero attached hydrogens (tertiary/aromatic N) is 4. The van der Waals surface area contributed by atoms with E-state index in [1.165, 1.54) is 0 Å². The number of aliphatic hydroxyl groups excluding tert-OH is 1. The van der Waals surface area contributed by atoms with E-state index < -0.39 is 46.7 Å². The Labute approximate surface area is 213 Å². The molecule has 0 radical (unpaired) electrons. The van der Waals surface area contributed by atoms with E-state index in [2.05, 4.69) is 20.3 Å². The van der Waals surface area contributed by atoms with Gasteiger partial charge >= 0.3 is 12.4 Å². The molecule has 1 saturated heterocycles. The second kappa shape index (κ2) is 12.5. The summed E-state index contributed by atoms with van der Waals surface area (Å²) in [5.74, 6) is 0.0306. The molecule has 3 atom stereocenters. The van der Waals surface area contributed by atoms with Crippen molar-refractivity contribution in [3.8, 4) is 0 Å². The van der Waals surface area contributed by atoms with E-state index in [0.717, 1.165) is 19.3 Å². The third kappa shape index (κ3) is 8.37. The molecule has 37 heavy (non-hydrogen) atoms. The third-order valence-electron chi connectivity index (χ3n) is 6.37. The van der Waals surface area contributed by atoms with Gasteiger partial charge in [-0.2, -0.15) is 26.3 Å². The van der Waals surface area contributed by atoms with Crippen molar-refractivity contribution in [3.05, 3.63) is 23.7 Å². The van der Waals surface area contributed by atoms with E-state index in [-0.39, 0.29) is 29.8 Å². The molecule has 0 bridgehead atoms. The molecular weight excluding hydrogens is 526 g/mol. The molecule has 15 heteroatoms. The highest BCUT2D eigenvalue weighted by Gasteiger charge is 2.36. The molecule has 8 nitrogen and oxygen atoms in total. The van der Waals surface area contributed by atoms with Crippen LogP contribution >= 0.6 is 0 Å². The molecule has 1 aromatic rings. The number of anilines is 1. The van der Waals surface area contributed by atoms with Crippen molar-refractivity contribution >= 4 is 28.7 Å². The number of allylic oxidation sites excluding steroid dienone is 1. The number of piperidine rings is 1. The molecular formula is C22H30F6N6O2S. The Hall–Kier alpha value is -2.26. The number of aliphatic imine (C=N–C) groups is 1. The lowest BCUT2D eigenvalue weighted by Crippen LogP contribution is -2.44. The molecule has 2 fully saturated rings. The lowest BCUT2D eigenvalue weighted by atomic mass is 9.90. The van der Waals surface area contributed by atoms with Crippen LogP contribution < -0.4 is 11.1 Å². The van der Waals surface area contributed by atoms with E-state index in [1.807, 2.05) is 4.31 Å². The standard InChI is InChI=1S/C22H30F6N6O2S/c23-21(24,25)13-30-10-15(9-29)19-18(22(26,27)28)11-31-20(33-19)32-16-4-6-34(7-5-16)37(36)17-3-1-2-14(8-17)12-35/h9-11,14,16-17,35H,1-8,12-13,29H2,(H,31,32,33)/b15-9+,30-10?. The zero-order valence-electron chi connectivity index (χ0n) is 19.9. The van der Waals surface area contributed by atoms with E-state index in [9.17, 15) is 35.7 Å². The fraction of sp³-hybridized carbons (Fsp3) is 0.682. The van der Waals surface area contributed by atoms with Gasteiger partial charge in [-0.1, -0.05) is 6.42 Å². The molecule has 0 amide bonds. The summed E-state index contributed by atoms with van der Waals surface area (Å²) in [6, 6.07) is -0.210. The first-order valence-electron chi connectivity index (χ1n) is 11.9. The van der Waals surface area contributed by atoms with Crippen LogP contribution in [0.2, 0.25) is 0 Å². The number of alkyl halides is 6. The highest BCUT2D eigenvalue weighted by atomic mass is 32.2. The quantitative estimate of drug-likeness (QED) is 0.333. The number of hydrogen-bond donors (Lipinski definition) is 3. The minimum atomic E-state index is -4.87. The minimum absolute atomic E-state index is 0.00306. The molecule has 0 spiro atoms. The van der Waals surface area contributed by atoms with Crippen molar-refractivity contribution in [2.75, 3.05) is 31.6 Å². The summed E-state index contributed by atoms with van der Waals surface area (Å²) in [7, 11) is -1.19. The van der Waals surface area contributed by atoms with Crippen molar-refractivity contribution in [2.24, 2.45) is 16.6 Å². The van der Waals surface area contributed by atoms with Crippen LogP contribution in [0.5, 0.6) is 0 Å². The SMILES string of the molecule is N/C=C(\C=NCC(F)(F)F)c1nc(NC2CCN(S(=O)C3CCCC(CO)C3)CC2)ncc1C(F)(F)F. The van der Waals surface area contributed by atoms with Gasteiger partial charge in [-0.25, -0.2) is 18.5 Å². The maximum absolute atomic E-state index is 13.5. The van der Waals surface area contributed by atoms with Gasteiger partial charge in [-0.15, -0.1) is 0 Å². The average molecular weight is 557 g/mol. The number of nitrogens with one attached hydrogen (secondary N) is 1. The lowest BCUT2D eigenvalue weighted by molar-refractivity contribution is -0.138. The molecule has 2 aliphatic rings. The first kappa shape index (κ1) is 29.3. The second-order valence-corrected chi connectivity index (χ2v) is 10.9. The minimum Gasteiger partial charge on any atom is -0.404 e. The maximum Gasteiger partial charge on any atom is 0.419 e. The van der Waals surface area contributed by atoms with Gasteiger partial charge in [0, 0.05) is 55.2 Å². The number of aliphatic hydroxyl groups is 1. The Morgan fingerprint density at radius 2 is 1.92 bits per heavy atom. The van der Waals surface area contributed by atoms with Gasteiger partial charge < -0.3 is 16.2 Å². The Morgan fingerprint density at radius 1 is 1.22 bits per heavy atom. The van der Waals surface area contributed by atoms with E-state index in [0.29, 0.717) is 51.0 Å². The monoisotopic (exact) mass is 556 g/mol. The van der Waals surface area contributed by atoms with Crippen molar-refractivity contribution in [2.45, 2.75) is 62.2 Å². The fourth-order valence-corrected chi connectivity index (χ4v) is 6.27. The number of rotatable bonds is 8. The van der Waals surface area contributed by atoms with Gasteiger partial charge in [0.25, 0.3) is 0 Å². The lowest BCUT2D eigenvalue weighted by Gasteiger charge is -2.35. The van der Waals surface area contributed by atoms with Gasteiger partial charge in [-0.05, 0) is 38.0 Å². The summed E-state index contributed by atoms with van der Waals surface area (Å²) in [6.07, 6.45) is -3.15. The second-order valence-electron chi connectivity index (χ2n) is 9.12. The van der Waals surface area contributed by atoms with Gasteiger partial charge in [0.2, 0.25) is 5.95 Å². The molecule has 4 N–H and O–H groups in total. The molecule has 1 aliphatic heterocycles. The number of nitrogens with two attached hydrogens (primary N) is 1. The van der Waals surface area contributed by atoms with Crippen molar-refractivity contribution in [1.82, 2.24) is 14.3 Å². The predicted octanol–water partition coefficient (Wildman–Crippen LogP) is 3.52. The summed E-state index contributed by atoms with van der Waals surface area (Å²) in [6.45, 7) is -0.500. The molecule has 2 heterocycles. The van der Waals surface area contributed by atoms with Crippen LogP contribution in [0, 0.1) is 5.92 Å². The average Bonchev–Trinajstić information content (AvgIpc) is 2.85. The zero-order chi connectivity index (χ0) is 27.2. The Morgan fingerprint density at radius 3 is 2.51 bits per heavy atom. The predicted molar refractivity (Wildman–Crippen MR) is 128 cm³/mol. The van der Waals surface area contributed by atoms with E-state index in [1.54, 1.807) is 0 Å². The third-order valence-corrected chi connectivity index (χ3v) is 8.24. The molecule has 208 valence electrons. The Kier molecular flexibility index (Phi) is 9.92. The van der Waals surface area contributed by atoms with E-state index >= 15 is 0 Å². The summed E-state index contributed by atoms with van der Waals surface area (Å²) in [4.78, 5) is 10.8. The van der Waals surface area contributed by atoms with Crippen LogP contribution in [0.25, 0.3) is 5.57 Å². The van der Waals surface area contributed by atoms with Gasteiger partial charge in [0.1, 0.15) is 12.1 Å². The smallest absolute Gasteiger partial charge is 0.404 e. The topological polar surface area (TPSA) is 117 Å². The summed E-state index contributed by atoms with van der Waals surface area (Å²) < 4.78 is 92.7. The molecule has 1 saturated carbocycles. The van der Waals surface area contributed by atoms with Crippen LogP contribution in [0.3, 0.4) is 0 Å². The summed E-state index contributed by atoms with van der Waals surface area (Å²) in [5.41, 5.74) is 3.02. The molecule has 1 aromatic heterocycles. The van der Waals surface area contributed by atoms with Crippen LogP contribution in [0.1, 0.15) is 49.8 Å². The molecule has 0 aromatic carbocycles. The van der Waals surface area contributed by atoms with Gasteiger partial charge in [0.05, 0.1) is 16.7 Å². The number of aromatic nitrogens is 2. The summed E-state index contributed by atoms with van der Waals surface area (Å²) in [5, 5.41) is 12.4. The van der Waals surface area contributed by atoms with E-state index in [4.69, 9.17) is 5.73 Å². The number of hydrogen-bond acceptors (Lipinski definition) is 7. The highest BCUT2D eigenvalue weighted by Crippen LogP contribution is 2.34. The maximum atomic E-state index is 13.5. The largest absolute Gasteiger partial charge is 0.419 e. The van der Waals surface area contributed by atoms with Crippen LogP contribution in [-0.4, -0.2) is 73.5 Å². The fourth-order valence-electron chi connectivity index (χ4n) is 4.47. The van der Waals surface area contributed by atoms with Crippen molar-refractivity contribution < 1.29 is 35.7 Å². The first-order chi connectivity index (χ1) is 17.4. The number of halogens is 6. The highest BCUT2D eigenvalue weighted by molar-refractivity contribution is 7.83. The Balaban J connectivity index is 1.67. The molecule has 3 rings (SSSR count). The zero-order valence-corrected chi connectivity index (χ0v) is 20.7. The molecule has 3 unspecified atom stereocenters. The van der Waals surface area contributed by atoms with Gasteiger partial charge in [-0.3, -0.25) is 4.99 Å². The van der Waals surface area contributed by atoms with Crippen LogP contribution in [-0.2, 0) is 17.2 Å². The van der Waals surface area contributed by atoms with Gasteiger partial charge in [0.15, 0.2) is 0 Å². The Bertz CT molecular complexity index is 995. The normalized spacial score (nSPS) is 23.9. The van der Waals surface area contributed by atoms with Crippen molar-refractivity contribution in [3.63, 3.8) is 0 Å². The molecule has 1 aliphatic carbocycles. The van der Waals surface area contributed by atoms with Crippen LogP contribution in [0.4, 0.5) is 32.3 Å². The van der Waals surface area contributed by atoms with Crippen LogP contribution in [0.15, 0.2) is 17.4 Å². The summed E-state index contributed by atoms with van der Waals surface area (Å²) >= 11 is 0. The first-order valence-corrected chi connectivity index (χ1v) is 13.0.